The Balaban J connectivity index is 2.12. The van der Waals surface area contributed by atoms with Crippen molar-refractivity contribution < 1.29 is 26.3 Å². The Kier molecular flexibility index (Phi) is 4.48. The fourth-order valence-electron chi connectivity index (χ4n) is 3.01. The van der Waals surface area contributed by atoms with Gasteiger partial charge in [0.2, 0.25) is 0 Å². The van der Waals surface area contributed by atoms with E-state index in [-0.39, 0.29) is 22.0 Å². The van der Waals surface area contributed by atoms with Crippen molar-refractivity contribution in [2.75, 3.05) is 5.75 Å². The Hall–Kier alpha value is -2.76. The Labute approximate surface area is 163 Å². The molecule has 0 amide bonds. The van der Waals surface area contributed by atoms with Gasteiger partial charge in [-0.3, -0.25) is 9.38 Å². The zero-order chi connectivity index (χ0) is 21.0. The highest BCUT2D eigenvalue weighted by molar-refractivity contribution is 7.99. The summed E-state index contributed by atoms with van der Waals surface area (Å²) in [5.41, 5.74) is -2.80. The van der Waals surface area contributed by atoms with Crippen LogP contribution in [0.5, 0.6) is 0 Å². The zero-order valence-corrected chi connectivity index (χ0v) is 15.4. The summed E-state index contributed by atoms with van der Waals surface area (Å²) in [5, 5.41) is 3.85. The lowest BCUT2D eigenvalue weighted by Gasteiger charge is -2.12. The third-order valence-corrected chi connectivity index (χ3v) is 4.98. The molecule has 5 nitrogen and oxygen atoms in total. The summed E-state index contributed by atoms with van der Waals surface area (Å²) in [5.74, 6) is -0.0215. The number of rotatable bonds is 3. The number of imidazole rings is 1. The lowest BCUT2D eigenvalue weighted by molar-refractivity contribution is -0.143. The molecule has 4 heterocycles. The topological polar surface area (TPSA) is 48.0 Å². The fourth-order valence-corrected chi connectivity index (χ4v) is 3.86. The van der Waals surface area contributed by atoms with Crippen LogP contribution in [0.15, 0.2) is 41.6 Å². The molecular weight excluding hydrogens is 420 g/mol. The summed E-state index contributed by atoms with van der Waals surface area (Å²) < 4.78 is 83.3. The Bertz CT molecular complexity index is 1210. The van der Waals surface area contributed by atoms with Gasteiger partial charge >= 0.3 is 12.4 Å². The SMILES string of the molecule is CCSc1c(-n2nc3cccnc3c2C(F)(F)F)nc2cccc(C(F)(F)F)n12. The second-order valence-corrected chi connectivity index (χ2v) is 7.16. The maximum Gasteiger partial charge on any atom is 0.435 e. The molecule has 0 bridgehead atoms. The minimum atomic E-state index is -4.85. The van der Waals surface area contributed by atoms with E-state index < -0.39 is 29.3 Å². The first-order chi connectivity index (χ1) is 13.6. The Morgan fingerprint density at radius 1 is 1.00 bits per heavy atom. The average molecular weight is 431 g/mol. The smallest absolute Gasteiger partial charge is 0.281 e. The summed E-state index contributed by atoms with van der Waals surface area (Å²) in [6.45, 7) is 1.68. The molecule has 0 aliphatic heterocycles. The van der Waals surface area contributed by atoms with Gasteiger partial charge in [0.1, 0.15) is 27.4 Å². The van der Waals surface area contributed by atoms with Crippen molar-refractivity contribution in [1.82, 2.24) is 24.1 Å². The quantitative estimate of drug-likeness (QED) is 0.330. The Morgan fingerprint density at radius 2 is 1.76 bits per heavy atom. The van der Waals surface area contributed by atoms with Crippen LogP contribution in [0.3, 0.4) is 0 Å². The molecule has 0 fully saturated rings. The van der Waals surface area contributed by atoms with E-state index in [1.54, 1.807) is 6.92 Å². The highest BCUT2D eigenvalue weighted by Gasteiger charge is 2.41. The molecular formula is C17H11F6N5S. The van der Waals surface area contributed by atoms with Crippen LogP contribution in [-0.2, 0) is 12.4 Å². The van der Waals surface area contributed by atoms with Gasteiger partial charge < -0.3 is 0 Å². The van der Waals surface area contributed by atoms with Crippen molar-refractivity contribution in [2.24, 2.45) is 0 Å². The number of thioether (sulfide) groups is 1. The number of aromatic nitrogens is 5. The summed E-state index contributed by atoms with van der Waals surface area (Å²) in [6, 6.07) is 6.07. The number of alkyl halides is 6. The van der Waals surface area contributed by atoms with Crippen LogP contribution in [-0.4, -0.2) is 29.9 Å². The molecule has 152 valence electrons. The van der Waals surface area contributed by atoms with Gasteiger partial charge in [-0.15, -0.1) is 11.8 Å². The van der Waals surface area contributed by atoms with Crippen LogP contribution in [0.4, 0.5) is 26.3 Å². The van der Waals surface area contributed by atoms with E-state index in [0.29, 0.717) is 10.4 Å². The molecule has 0 unspecified atom stereocenters. The van der Waals surface area contributed by atoms with Crippen molar-refractivity contribution in [3.8, 4) is 5.82 Å². The van der Waals surface area contributed by atoms with Crippen molar-refractivity contribution in [3.05, 3.63) is 47.9 Å². The number of pyridine rings is 2. The molecule has 0 saturated heterocycles. The van der Waals surface area contributed by atoms with Gasteiger partial charge in [-0.1, -0.05) is 13.0 Å². The molecule has 4 aromatic heterocycles. The first kappa shape index (κ1) is 19.6. The van der Waals surface area contributed by atoms with Crippen LogP contribution in [0.2, 0.25) is 0 Å². The molecule has 0 radical (unpaired) electrons. The van der Waals surface area contributed by atoms with Crippen LogP contribution in [0, 0.1) is 0 Å². The molecule has 0 spiro atoms. The van der Waals surface area contributed by atoms with Crippen LogP contribution < -0.4 is 0 Å². The summed E-state index contributed by atoms with van der Waals surface area (Å²) in [6.07, 6.45) is -8.37. The maximum atomic E-state index is 13.8. The molecule has 12 heteroatoms. The van der Waals surface area contributed by atoms with Crippen molar-refractivity contribution in [3.63, 3.8) is 0 Å². The molecule has 29 heavy (non-hydrogen) atoms. The lowest BCUT2D eigenvalue weighted by Crippen LogP contribution is -2.15. The van der Waals surface area contributed by atoms with Crippen LogP contribution in [0.1, 0.15) is 18.3 Å². The van der Waals surface area contributed by atoms with Crippen molar-refractivity contribution in [2.45, 2.75) is 24.3 Å². The largest absolute Gasteiger partial charge is 0.435 e. The van der Waals surface area contributed by atoms with Gasteiger partial charge in [0.25, 0.3) is 0 Å². The van der Waals surface area contributed by atoms with Crippen molar-refractivity contribution >= 4 is 28.4 Å². The predicted molar refractivity (Wildman–Crippen MR) is 94.0 cm³/mol. The Morgan fingerprint density at radius 3 is 2.41 bits per heavy atom. The summed E-state index contributed by atoms with van der Waals surface area (Å²) in [7, 11) is 0. The summed E-state index contributed by atoms with van der Waals surface area (Å²) in [4.78, 5) is 7.82. The highest BCUT2D eigenvalue weighted by atomic mass is 32.2. The van der Waals surface area contributed by atoms with E-state index in [0.717, 1.165) is 28.3 Å². The van der Waals surface area contributed by atoms with E-state index >= 15 is 0 Å². The molecule has 4 rings (SSSR count). The van der Waals surface area contributed by atoms with Gasteiger partial charge in [-0.25, -0.2) is 9.67 Å². The molecule has 0 N–H and O–H groups in total. The molecule has 0 atom stereocenters. The minimum Gasteiger partial charge on any atom is -0.281 e. The second kappa shape index (κ2) is 6.65. The van der Waals surface area contributed by atoms with E-state index in [2.05, 4.69) is 15.1 Å². The molecule has 0 aromatic carbocycles. The van der Waals surface area contributed by atoms with E-state index in [1.165, 1.54) is 24.4 Å². The molecule has 4 aromatic rings. The van der Waals surface area contributed by atoms with Gasteiger partial charge in [0.05, 0.1) is 0 Å². The zero-order valence-electron chi connectivity index (χ0n) is 14.6. The summed E-state index contributed by atoms with van der Waals surface area (Å²) >= 11 is 0.944. The van der Waals surface area contributed by atoms with E-state index in [1.807, 2.05) is 0 Å². The van der Waals surface area contributed by atoms with Crippen LogP contribution >= 0.6 is 11.8 Å². The monoisotopic (exact) mass is 431 g/mol. The maximum absolute atomic E-state index is 13.8. The van der Waals surface area contributed by atoms with E-state index in [4.69, 9.17) is 0 Å². The standard InChI is InChI=1S/C17H11F6N5S/c1-2-29-15-14(25-11-7-3-6-10(27(11)15)16(18,19)20)28-13(17(21,22)23)12-9(26-28)5-4-8-24-12/h3-8H,2H2,1H3. The minimum absolute atomic E-state index is 0.0413. The molecule has 0 aliphatic carbocycles. The van der Waals surface area contributed by atoms with Gasteiger partial charge in [-0.05, 0) is 30.0 Å². The predicted octanol–water partition coefficient (Wildman–Crippen LogP) is 5.22. The highest BCUT2D eigenvalue weighted by Crippen LogP contribution is 2.39. The van der Waals surface area contributed by atoms with E-state index in [9.17, 15) is 26.3 Å². The first-order valence-corrected chi connectivity index (χ1v) is 9.24. The number of fused-ring (bicyclic) bond motifs is 2. The average Bonchev–Trinajstić information content (AvgIpc) is 3.19. The molecule has 0 saturated carbocycles. The second-order valence-electron chi connectivity index (χ2n) is 5.91. The van der Waals surface area contributed by atoms with Gasteiger partial charge in [-0.2, -0.15) is 31.4 Å². The third-order valence-electron chi connectivity index (χ3n) is 4.06. The van der Waals surface area contributed by atoms with Gasteiger partial charge in [0, 0.05) is 6.20 Å². The number of halogens is 6. The number of hydrogen-bond acceptors (Lipinski definition) is 4. The first-order valence-electron chi connectivity index (χ1n) is 8.25. The van der Waals surface area contributed by atoms with Crippen LogP contribution in [0.25, 0.3) is 22.5 Å². The number of hydrogen-bond donors (Lipinski definition) is 0. The lowest BCUT2D eigenvalue weighted by atomic mass is 10.3. The van der Waals surface area contributed by atoms with Gasteiger partial charge in [0.15, 0.2) is 11.5 Å². The molecule has 0 aliphatic rings. The van der Waals surface area contributed by atoms with Crippen molar-refractivity contribution in [1.29, 1.82) is 0 Å². The third kappa shape index (κ3) is 3.20. The normalized spacial score (nSPS) is 12.9. The fraction of sp³-hybridized carbons (Fsp3) is 0.235. The number of nitrogens with zero attached hydrogens (tertiary/aromatic N) is 5.